The number of carbonyl (C=O) groups is 1. The predicted octanol–water partition coefficient (Wildman–Crippen LogP) is 1.28. The van der Waals surface area contributed by atoms with Crippen molar-refractivity contribution < 1.29 is 13.2 Å². The molecule has 1 aromatic rings. The van der Waals surface area contributed by atoms with Gasteiger partial charge in [-0.15, -0.1) is 0 Å². The van der Waals surface area contributed by atoms with Crippen molar-refractivity contribution in [3.05, 3.63) is 29.3 Å². The summed E-state index contributed by atoms with van der Waals surface area (Å²) >= 11 is 0. The van der Waals surface area contributed by atoms with Crippen LogP contribution >= 0.6 is 0 Å². The third kappa shape index (κ3) is 4.04. The SMILES string of the molecule is Cc1ccc(S(=O)(=O)N2CCN([C@H](C)C(=O)NC3CC3)CC2)cc1C. The maximum atomic E-state index is 12.8. The smallest absolute Gasteiger partial charge is 0.243 e. The minimum Gasteiger partial charge on any atom is -0.352 e. The lowest BCUT2D eigenvalue weighted by molar-refractivity contribution is -0.126. The molecule has 1 aliphatic heterocycles. The first kappa shape index (κ1) is 18.4. The topological polar surface area (TPSA) is 69.7 Å². The third-order valence-electron chi connectivity index (χ3n) is 5.24. The van der Waals surface area contributed by atoms with Crippen LogP contribution in [-0.4, -0.2) is 61.8 Å². The van der Waals surface area contributed by atoms with Gasteiger partial charge in [0.1, 0.15) is 0 Å². The molecule has 0 radical (unpaired) electrons. The van der Waals surface area contributed by atoms with Gasteiger partial charge < -0.3 is 5.32 Å². The molecule has 0 bridgehead atoms. The number of amides is 1. The van der Waals surface area contributed by atoms with E-state index in [4.69, 9.17) is 0 Å². The van der Waals surface area contributed by atoms with Gasteiger partial charge in [0.05, 0.1) is 10.9 Å². The lowest BCUT2D eigenvalue weighted by atomic mass is 10.1. The lowest BCUT2D eigenvalue weighted by Crippen LogP contribution is -2.55. The number of piperazine rings is 1. The van der Waals surface area contributed by atoms with Crippen molar-refractivity contribution in [2.75, 3.05) is 26.2 Å². The van der Waals surface area contributed by atoms with Crippen molar-refractivity contribution in [2.45, 2.75) is 50.6 Å². The number of rotatable bonds is 5. The summed E-state index contributed by atoms with van der Waals surface area (Å²) in [4.78, 5) is 14.6. The van der Waals surface area contributed by atoms with Gasteiger partial charge in [-0.05, 0) is 56.9 Å². The summed E-state index contributed by atoms with van der Waals surface area (Å²) in [6.07, 6.45) is 2.14. The van der Waals surface area contributed by atoms with Crippen LogP contribution in [0.1, 0.15) is 30.9 Å². The molecule has 1 heterocycles. The molecule has 7 heteroatoms. The monoisotopic (exact) mass is 365 g/mol. The van der Waals surface area contributed by atoms with Gasteiger partial charge in [-0.25, -0.2) is 8.42 Å². The maximum absolute atomic E-state index is 12.8. The Morgan fingerprint density at radius 2 is 1.76 bits per heavy atom. The fourth-order valence-electron chi connectivity index (χ4n) is 3.07. The van der Waals surface area contributed by atoms with E-state index in [0.29, 0.717) is 37.1 Å². The third-order valence-corrected chi connectivity index (χ3v) is 7.13. The van der Waals surface area contributed by atoms with Crippen LogP contribution in [0.25, 0.3) is 0 Å². The second-order valence-electron chi connectivity index (χ2n) is 7.14. The first-order chi connectivity index (χ1) is 11.8. The number of hydrogen-bond donors (Lipinski definition) is 1. The van der Waals surface area contributed by atoms with Crippen molar-refractivity contribution in [2.24, 2.45) is 0 Å². The number of hydrogen-bond acceptors (Lipinski definition) is 4. The van der Waals surface area contributed by atoms with Gasteiger partial charge in [0.15, 0.2) is 0 Å². The molecule has 1 aliphatic carbocycles. The summed E-state index contributed by atoms with van der Waals surface area (Å²) in [7, 11) is -3.47. The summed E-state index contributed by atoms with van der Waals surface area (Å²) in [5.74, 6) is 0.0490. The average molecular weight is 365 g/mol. The van der Waals surface area contributed by atoms with E-state index in [9.17, 15) is 13.2 Å². The molecule has 1 aromatic carbocycles. The van der Waals surface area contributed by atoms with Crippen LogP contribution in [0.15, 0.2) is 23.1 Å². The highest BCUT2D eigenvalue weighted by Crippen LogP contribution is 2.22. The highest BCUT2D eigenvalue weighted by Gasteiger charge is 2.33. The number of benzene rings is 1. The van der Waals surface area contributed by atoms with E-state index >= 15 is 0 Å². The van der Waals surface area contributed by atoms with E-state index in [1.54, 1.807) is 12.1 Å². The van der Waals surface area contributed by atoms with Gasteiger partial charge in [-0.2, -0.15) is 4.31 Å². The van der Waals surface area contributed by atoms with Gasteiger partial charge in [0.2, 0.25) is 15.9 Å². The second kappa shape index (κ2) is 7.05. The zero-order chi connectivity index (χ0) is 18.2. The summed E-state index contributed by atoms with van der Waals surface area (Å²) < 4.78 is 27.2. The minimum absolute atomic E-state index is 0.0490. The first-order valence-electron chi connectivity index (χ1n) is 8.91. The predicted molar refractivity (Wildman–Crippen MR) is 96.9 cm³/mol. The Balaban J connectivity index is 1.62. The number of carbonyl (C=O) groups excluding carboxylic acids is 1. The van der Waals surface area contributed by atoms with Crippen LogP contribution < -0.4 is 5.32 Å². The summed E-state index contributed by atoms with van der Waals surface area (Å²) in [5.41, 5.74) is 2.06. The molecule has 2 aliphatic rings. The Hall–Kier alpha value is -1.44. The largest absolute Gasteiger partial charge is 0.352 e. The number of aryl methyl sites for hydroxylation is 2. The Labute approximate surface area is 150 Å². The van der Waals surface area contributed by atoms with Gasteiger partial charge in [-0.1, -0.05) is 6.07 Å². The normalized spacial score (nSPS) is 21.1. The number of nitrogens with zero attached hydrogens (tertiary/aromatic N) is 2. The van der Waals surface area contributed by atoms with Gasteiger partial charge >= 0.3 is 0 Å². The molecule has 6 nitrogen and oxygen atoms in total. The average Bonchev–Trinajstić information content (AvgIpc) is 3.40. The van der Waals surface area contributed by atoms with Crippen LogP contribution in [0.5, 0.6) is 0 Å². The molecule has 0 aromatic heterocycles. The zero-order valence-corrected chi connectivity index (χ0v) is 16.0. The van der Waals surface area contributed by atoms with Crippen LogP contribution in [0.3, 0.4) is 0 Å². The molecule has 0 unspecified atom stereocenters. The maximum Gasteiger partial charge on any atom is 0.243 e. The van der Waals surface area contributed by atoms with Gasteiger partial charge in [0.25, 0.3) is 0 Å². The lowest BCUT2D eigenvalue weighted by Gasteiger charge is -2.36. The van der Waals surface area contributed by atoms with E-state index in [1.807, 2.05) is 26.8 Å². The first-order valence-corrected chi connectivity index (χ1v) is 10.3. The summed E-state index contributed by atoms with van der Waals surface area (Å²) in [6.45, 7) is 7.76. The molecule has 2 fully saturated rings. The Kier molecular flexibility index (Phi) is 5.18. The van der Waals surface area contributed by atoms with E-state index in [2.05, 4.69) is 10.2 Å². The molecule has 3 rings (SSSR count). The number of nitrogens with one attached hydrogen (secondary N) is 1. The molecular formula is C18H27N3O3S. The van der Waals surface area contributed by atoms with Crippen molar-refractivity contribution in [3.63, 3.8) is 0 Å². The van der Waals surface area contributed by atoms with E-state index in [0.717, 1.165) is 24.0 Å². The van der Waals surface area contributed by atoms with Crippen molar-refractivity contribution in [1.82, 2.24) is 14.5 Å². The standard InChI is InChI=1S/C18H27N3O3S/c1-13-4-7-17(12-14(13)2)25(23,24)21-10-8-20(9-11-21)15(3)18(22)19-16-5-6-16/h4,7,12,15-16H,5-6,8-11H2,1-3H3,(H,19,22)/t15-/m1/s1. The Morgan fingerprint density at radius 3 is 2.32 bits per heavy atom. The van der Waals surface area contributed by atoms with Crippen molar-refractivity contribution >= 4 is 15.9 Å². The molecule has 1 saturated heterocycles. The molecule has 1 saturated carbocycles. The highest BCUT2D eigenvalue weighted by atomic mass is 32.2. The minimum atomic E-state index is -3.47. The van der Waals surface area contributed by atoms with E-state index < -0.39 is 10.0 Å². The van der Waals surface area contributed by atoms with Crippen LogP contribution in [0, 0.1) is 13.8 Å². The second-order valence-corrected chi connectivity index (χ2v) is 9.08. The summed E-state index contributed by atoms with van der Waals surface area (Å²) in [5, 5.41) is 3.02. The van der Waals surface area contributed by atoms with E-state index in [-0.39, 0.29) is 11.9 Å². The number of sulfonamides is 1. The highest BCUT2D eigenvalue weighted by molar-refractivity contribution is 7.89. The molecule has 138 valence electrons. The molecule has 1 atom stereocenters. The molecule has 1 amide bonds. The zero-order valence-electron chi connectivity index (χ0n) is 15.2. The van der Waals surface area contributed by atoms with Crippen LogP contribution in [0.4, 0.5) is 0 Å². The van der Waals surface area contributed by atoms with E-state index in [1.165, 1.54) is 4.31 Å². The molecule has 0 spiro atoms. The summed E-state index contributed by atoms with van der Waals surface area (Å²) in [6, 6.07) is 5.40. The van der Waals surface area contributed by atoms with Crippen molar-refractivity contribution in [1.29, 1.82) is 0 Å². The van der Waals surface area contributed by atoms with Crippen LogP contribution in [0.2, 0.25) is 0 Å². The Bertz CT molecular complexity index is 751. The Morgan fingerprint density at radius 1 is 1.12 bits per heavy atom. The quantitative estimate of drug-likeness (QED) is 0.853. The van der Waals surface area contributed by atoms with Gasteiger partial charge in [0, 0.05) is 32.2 Å². The fraction of sp³-hybridized carbons (Fsp3) is 0.611. The molecule has 25 heavy (non-hydrogen) atoms. The van der Waals surface area contributed by atoms with Crippen LogP contribution in [-0.2, 0) is 14.8 Å². The molecular weight excluding hydrogens is 338 g/mol. The van der Waals surface area contributed by atoms with Crippen molar-refractivity contribution in [3.8, 4) is 0 Å². The van der Waals surface area contributed by atoms with Gasteiger partial charge in [-0.3, -0.25) is 9.69 Å². The fourth-order valence-corrected chi connectivity index (χ4v) is 4.58. The molecule has 1 N–H and O–H groups in total.